The summed E-state index contributed by atoms with van der Waals surface area (Å²) in [6.07, 6.45) is 1.43. The summed E-state index contributed by atoms with van der Waals surface area (Å²) in [5.74, 6) is 0.268. The Labute approximate surface area is 117 Å². The van der Waals surface area contributed by atoms with Crippen molar-refractivity contribution in [1.29, 1.82) is 0 Å². The third-order valence-corrected chi connectivity index (χ3v) is 3.15. The van der Waals surface area contributed by atoms with Crippen LogP contribution < -0.4 is 15.6 Å². The van der Waals surface area contributed by atoms with E-state index in [0.717, 1.165) is 4.47 Å². The summed E-state index contributed by atoms with van der Waals surface area (Å²) >= 11 is 3.34. The van der Waals surface area contributed by atoms with E-state index in [1.54, 1.807) is 25.3 Å². The number of pyridine rings is 1. The zero-order valence-corrected chi connectivity index (χ0v) is 11.7. The van der Waals surface area contributed by atoms with Crippen molar-refractivity contribution in [2.75, 3.05) is 12.4 Å². The van der Waals surface area contributed by atoms with Gasteiger partial charge in [-0.15, -0.1) is 0 Å². The molecule has 2 rings (SSSR count). The van der Waals surface area contributed by atoms with E-state index in [9.17, 15) is 9.59 Å². The van der Waals surface area contributed by atoms with Crippen LogP contribution in [-0.4, -0.2) is 18.0 Å². The Morgan fingerprint density at radius 3 is 2.79 bits per heavy atom. The van der Waals surface area contributed by atoms with Gasteiger partial charge < -0.3 is 15.0 Å². The van der Waals surface area contributed by atoms with Crippen LogP contribution in [0.3, 0.4) is 0 Å². The quantitative estimate of drug-likeness (QED) is 0.911. The number of carbonyl (C=O) groups excluding carboxylic acids is 1. The molecule has 0 spiro atoms. The molecule has 98 valence electrons. The molecule has 2 N–H and O–H groups in total. The minimum atomic E-state index is -0.361. The van der Waals surface area contributed by atoms with Gasteiger partial charge in [-0.3, -0.25) is 9.59 Å². The maximum atomic E-state index is 12.0. The number of hydrogen-bond donors (Lipinski definition) is 2. The normalized spacial score (nSPS) is 10.0. The fraction of sp³-hybridized carbons (Fsp3) is 0.0769. The lowest BCUT2D eigenvalue weighted by Gasteiger charge is -2.09. The van der Waals surface area contributed by atoms with Gasteiger partial charge in [-0.1, -0.05) is 0 Å². The number of hydrogen-bond acceptors (Lipinski definition) is 3. The van der Waals surface area contributed by atoms with Gasteiger partial charge in [0.25, 0.3) is 5.91 Å². The van der Waals surface area contributed by atoms with Gasteiger partial charge in [0.2, 0.25) is 5.56 Å². The number of rotatable bonds is 3. The number of carbonyl (C=O) groups is 1. The van der Waals surface area contributed by atoms with Gasteiger partial charge in [0.05, 0.1) is 12.8 Å². The van der Waals surface area contributed by atoms with Crippen LogP contribution in [0.2, 0.25) is 0 Å². The highest BCUT2D eigenvalue weighted by Gasteiger charge is 2.09. The molecule has 0 aliphatic heterocycles. The average Bonchev–Trinajstić information content (AvgIpc) is 2.41. The molecular weight excluding hydrogens is 312 g/mol. The van der Waals surface area contributed by atoms with Crippen LogP contribution in [-0.2, 0) is 0 Å². The van der Waals surface area contributed by atoms with Crippen molar-refractivity contribution in [3.63, 3.8) is 0 Å². The predicted octanol–water partition coefficient (Wildman–Crippen LogP) is 2.40. The molecule has 0 radical (unpaired) electrons. The van der Waals surface area contributed by atoms with Gasteiger partial charge in [-0.05, 0) is 34.1 Å². The molecule has 6 heteroatoms. The van der Waals surface area contributed by atoms with E-state index in [1.165, 1.54) is 18.3 Å². The van der Waals surface area contributed by atoms with Gasteiger partial charge in [0.15, 0.2) is 0 Å². The fourth-order valence-corrected chi connectivity index (χ4v) is 1.85. The lowest BCUT2D eigenvalue weighted by molar-refractivity contribution is 0.102. The van der Waals surface area contributed by atoms with Crippen LogP contribution in [0.25, 0.3) is 0 Å². The third kappa shape index (κ3) is 3.23. The van der Waals surface area contributed by atoms with Gasteiger partial charge >= 0.3 is 0 Å². The Kier molecular flexibility index (Phi) is 4.01. The number of anilines is 1. The molecule has 0 bridgehead atoms. The van der Waals surface area contributed by atoms with Crippen LogP contribution in [0.1, 0.15) is 10.4 Å². The summed E-state index contributed by atoms with van der Waals surface area (Å²) < 4.78 is 5.82. The first kappa shape index (κ1) is 13.4. The first-order valence-electron chi connectivity index (χ1n) is 5.44. The highest BCUT2D eigenvalue weighted by atomic mass is 79.9. The summed E-state index contributed by atoms with van der Waals surface area (Å²) in [4.78, 5) is 25.6. The first-order valence-corrected chi connectivity index (χ1v) is 6.23. The number of benzene rings is 1. The zero-order chi connectivity index (χ0) is 13.8. The topological polar surface area (TPSA) is 71.2 Å². The number of H-pyrrole nitrogens is 1. The van der Waals surface area contributed by atoms with E-state index < -0.39 is 0 Å². The maximum Gasteiger partial charge on any atom is 0.255 e. The Hall–Kier alpha value is -2.08. The number of ether oxygens (including phenoxy) is 1. The average molecular weight is 323 g/mol. The second kappa shape index (κ2) is 5.71. The molecule has 0 saturated carbocycles. The Morgan fingerprint density at radius 1 is 1.32 bits per heavy atom. The van der Waals surface area contributed by atoms with Crippen molar-refractivity contribution >= 4 is 27.5 Å². The van der Waals surface area contributed by atoms with E-state index in [-0.39, 0.29) is 11.5 Å². The molecule has 5 nitrogen and oxygen atoms in total. The molecular formula is C13H11BrN2O3. The van der Waals surface area contributed by atoms with Crippen molar-refractivity contribution < 1.29 is 9.53 Å². The zero-order valence-electron chi connectivity index (χ0n) is 10.1. The molecule has 0 aliphatic rings. The number of aromatic nitrogens is 1. The molecule has 0 aliphatic carbocycles. The molecule has 0 saturated heterocycles. The highest BCUT2D eigenvalue weighted by Crippen LogP contribution is 2.27. The van der Waals surface area contributed by atoms with Gasteiger partial charge in [0.1, 0.15) is 5.75 Å². The smallest absolute Gasteiger partial charge is 0.255 e. The van der Waals surface area contributed by atoms with Crippen LogP contribution in [0.15, 0.2) is 45.8 Å². The lowest BCUT2D eigenvalue weighted by atomic mass is 10.2. The Bertz CT molecular complexity index is 667. The molecule has 1 amide bonds. The summed E-state index contributed by atoms with van der Waals surface area (Å²) in [6.45, 7) is 0. The number of amides is 1. The molecule has 1 heterocycles. The van der Waals surface area contributed by atoms with Crippen LogP contribution in [0.4, 0.5) is 5.69 Å². The monoisotopic (exact) mass is 322 g/mol. The van der Waals surface area contributed by atoms with Gasteiger partial charge in [0, 0.05) is 28.4 Å². The second-order valence-corrected chi connectivity index (χ2v) is 4.60. The minimum Gasteiger partial charge on any atom is -0.497 e. The molecule has 0 fully saturated rings. The van der Waals surface area contributed by atoms with E-state index in [2.05, 4.69) is 26.2 Å². The maximum absolute atomic E-state index is 12.0. The van der Waals surface area contributed by atoms with E-state index >= 15 is 0 Å². The fourth-order valence-electron chi connectivity index (χ4n) is 1.51. The van der Waals surface area contributed by atoms with E-state index in [1.807, 2.05) is 0 Å². The standard InChI is InChI=1S/C13H11BrN2O3/c1-19-9-2-3-10(14)11(7-9)16-13(18)8-4-5-15-12(17)6-8/h2-7H,1H3,(H,15,17)(H,16,18). The van der Waals surface area contributed by atoms with Gasteiger partial charge in [-0.25, -0.2) is 0 Å². The highest BCUT2D eigenvalue weighted by molar-refractivity contribution is 9.10. The molecule has 0 unspecified atom stereocenters. The van der Waals surface area contributed by atoms with Crippen molar-refractivity contribution in [2.45, 2.75) is 0 Å². The summed E-state index contributed by atoms with van der Waals surface area (Å²) in [5, 5.41) is 2.71. The third-order valence-electron chi connectivity index (χ3n) is 2.46. The van der Waals surface area contributed by atoms with Crippen molar-refractivity contribution in [1.82, 2.24) is 4.98 Å². The largest absolute Gasteiger partial charge is 0.497 e. The van der Waals surface area contributed by atoms with Crippen molar-refractivity contribution in [3.05, 3.63) is 56.9 Å². The Balaban J connectivity index is 2.26. The molecule has 1 aromatic carbocycles. The van der Waals surface area contributed by atoms with E-state index in [4.69, 9.17) is 4.74 Å². The first-order chi connectivity index (χ1) is 9.10. The minimum absolute atomic E-state index is 0.290. The van der Waals surface area contributed by atoms with Crippen LogP contribution in [0.5, 0.6) is 5.75 Å². The molecule has 19 heavy (non-hydrogen) atoms. The molecule has 0 atom stereocenters. The number of aromatic amines is 1. The molecule has 2 aromatic rings. The van der Waals surface area contributed by atoms with Crippen molar-refractivity contribution in [3.8, 4) is 5.75 Å². The summed E-state index contributed by atoms with van der Waals surface area (Å²) in [7, 11) is 1.55. The number of methoxy groups -OCH3 is 1. The van der Waals surface area contributed by atoms with Crippen LogP contribution >= 0.6 is 15.9 Å². The van der Waals surface area contributed by atoms with E-state index in [0.29, 0.717) is 17.0 Å². The predicted molar refractivity (Wildman–Crippen MR) is 75.7 cm³/mol. The lowest BCUT2D eigenvalue weighted by Crippen LogP contribution is -2.15. The number of nitrogens with one attached hydrogen (secondary N) is 2. The Morgan fingerprint density at radius 2 is 2.11 bits per heavy atom. The summed E-state index contributed by atoms with van der Waals surface area (Å²) in [5.41, 5.74) is 0.542. The second-order valence-electron chi connectivity index (χ2n) is 3.74. The van der Waals surface area contributed by atoms with Gasteiger partial charge in [-0.2, -0.15) is 0 Å². The molecule has 1 aromatic heterocycles. The van der Waals surface area contributed by atoms with Crippen LogP contribution in [0, 0.1) is 0 Å². The summed E-state index contributed by atoms with van der Waals surface area (Å²) in [6, 6.07) is 8.00. The SMILES string of the molecule is COc1ccc(Br)c(NC(=O)c2cc[nH]c(=O)c2)c1. The number of halogens is 1. The van der Waals surface area contributed by atoms with Crippen molar-refractivity contribution in [2.24, 2.45) is 0 Å².